The summed E-state index contributed by atoms with van der Waals surface area (Å²) in [6, 6.07) is 2.70. The lowest BCUT2D eigenvalue weighted by Crippen LogP contribution is -2.14. The number of halogens is 1. The van der Waals surface area contributed by atoms with Crippen LogP contribution in [0, 0.1) is 5.82 Å². The van der Waals surface area contributed by atoms with Crippen molar-refractivity contribution < 1.29 is 9.50 Å². The van der Waals surface area contributed by atoms with E-state index in [1.54, 1.807) is 0 Å². The maximum Gasteiger partial charge on any atom is 0.147 e. The summed E-state index contributed by atoms with van der Waals surface area (Å²) in [5.41, 5.74) is 5.13. The number of nitrogens with zero attached hydrogens (tertiary/aromatic N) is 1. The third kappa shape index (κ3) is 1.72. The molecule has 1 aromatic heterocycles. The summed E-state index contributed by atoms with van der Waals surface area (Å²) in [6.45, 7) is -0.0199. The second kappa shape index (κ2) is 3.41. The van der Waals surface area contributed by atoms with Gasteiger partial charge in [-0.1, -0.05) is 0 Å². The predicted molar refractivity (Wildman–Crippen MR) is 38.2 cm³/mol. The first kappa shape index (κ1) is 8.10. The Morgan fingerprint density at radius 3 is 3.00 bits per heavy atom. The van der Waals surface area contributed by atoms with Gasteiger partial charge in [0.15, 0.2) is 0 Å². The van der Waals surface area contributed by atoms with E-state index in [4.69, 9.17) is 10.8 Å². The van der Waals surface area contributed by atoms with Gasteiger partial charge in [0, 0.05) is 12.7 Å². The highest BCUT2D eigenvalue weighted by molar-refractivity contribution is 5.09. The van der Waals surface area contributed by atoms with Crippen LogP contribution in [-0.4, -0.2) is 16.6 Å². The summed E-state index contributed by atoms with van der Waals surface area (Å²) in [5.74, 6) is -0.523. The molecule has 0 saturated carbocycles. The SMILES string of the molecule is NC[C@@H](O)c1ncccc1F. The fourth-order valence-electron chi connectivity index (χ4n) is 0.755. The monoisotopic (exact) mass is 156 g/mol. The number of hydrogen-bond donors (Lipinski definition) is 2. The van der Waals surface area contributed by atoms with Gasteiger partial charge in [0.25, 0.3) is 0 Å². The van der Waals surface area contributed by atoms with Crippen molar-refractivity contribution >= 4 is 0 Å². The Balaban J connectivity index is 2.93. The van der Waals surface area contributed by atoms with Crippen LogP contribution in [0.3, 0.4) is 0 Å². The minimum absolute atomic E-state index is 0.00926. The van der Waals surface area contributed by atoms with Gasteiger partial charge in [-0.2, -0.15) is 0 Å². The van der Waals surface area contributed by atoms with E-state index in [0.29, 0.717) is 0 Å². The van der Waals surface area contributed by atoms with Crippen molar-refractivity contribution in [1.82, 2.24) is 4.98 Å². The largest absolute Gasteiger partial charge is 0.385 e. The zero-order chi connectivity index (χ0) is 8.27. The van der Waals surface area contributed by atoms with Gasteiger partial charge >= 0.3 is 0 Å². The molecule has 0 amide bonds. The Morgan fingerprint density at radius 1 is 1.73 bits per heavy atom. The highest BCUT2D eigenvalue weighted by Gasteiger charge is 2.10. The summed E-state index contributed by atoms with van der Waals surface area (Å²) in [6.07, 6.45) is 0.410. The van der Waals surface area contributed by atoms with Crippen LogP contribution >= 0.6 is 0 Å². The average molecular weight is 156 g/mol. The van der Waals surface area contributed by atoms with Gasteiger partial charge in [-0.3, -0.25) is 4.98 Å². The summed E-state index contributed by atoms with van der Waals surface area (Å²) in [7, 11) is 0. The number of aromatic nitrogens is 1. The molecule has 4 heteroatoms. The molecule has 60 valence electrons. The van der Waals surface area contributed by atoms with Gasteiger partial charge in [-0.05, 0) is 12.1 Å². The number of nitrogens with two attached hydrogens (primary N) is 1. The zero-order valence-corrected chi connectivity index (χ0v) is 5.87. The predicted octanol–water partition coefficient (Wildman–Crippen LogP) is 0.213. The number of pyridine rings is 1. The van der Waals surface area contributed by atoms with Crippen LogP contribution in [-0.2, 0) is 0 Å². The van der Waals surface area contributed by atoms with Crippen molar-refractivity contribution in [1.29, 1.82) is 0 Å². The van der Waals surface area contributed by atoms with E-state index in [1.807, 2.05) is 0 Å². The maximum atomic E-state index is 12.7. The summed E-state index contributed by atoms with van der Waals surface area (Å²) >= 11 is 0. The molecule has 0 bridgehead atoms. The third-order valence-corrected chi connectivity index (χ3v) is 1.33. The number of hydrogen-bond acceptors (Lipinski definition) is 3. The van der Waals surface area contributed by atoms with E-state index < -0.39 is 11.9 Å². The Bertz CT molecular complexity index is 242. The van der Waals surface area contributed by atoms with Crippen LogP contribution in [0.4, 0.5) is 4.39 Å². The van der Waals surface area contributed by atoms with Gasteiger partial charge in [0.2, 0.25) is 0 Å². The molecule has 1 rings (SSSR count). The lowest BCUT2D eigenvalue weighted by molar-refractivity contribution is 0.176. The van der Waals surface area contributed by atoms with Gasteiger partial charge in [-0.25, -0.2) is 4.39 Å². The van der Waals surface area contributed by atoms with E-state index in [2.05, 4.69) is 4.98 Å². The molecule has 0 aliphatic rings. The minimum atomic E-state index is -1.00. The van der Waals surface area contributed by atoms with Crippen molar-refractivity contribution in [2.24, 2.45) is 5.73 Å². The van der Waals surface area contributed by atoms with E-state index in [1.165, 1.54) is 18.3 Å². The highest BCUT2D eigenvalue weighted by atomic mass is 19.1. The lowest BCUT2D eigenvalue weighted by Gasteiger charge is -2.06. The molecule has 11 heavy (non-hydrogen) atoms. The first-order chi connectivity index (χ1) is 5.25. The fourth-order valence-corrected chi connectivity index (χ4v) is 0.755. The molecule has 0 unspecified atom stereocenters. The molecular weight excluding hydrogens is 147 g/mol. The molecule has 0 radical (unpaired) electrons. The normalized spacial score (nSPS) is 13.0. The molecule has 0 spiro atoms. The van der Waals surface area contributed by atoms with Gasteiger partial charge in [0.1, 0.15) is 17.6 Å². The standard InChI is InChI=1S/C7H9FN2O/c8-5-2-1-3-10-7(5)6(11)4-9/h1-3,6,11H,4,9H2/t6-/m1/s1. The van der Waals surface area contributed by atoms with Crippen LogP contribution in [0.25, 0.3) is 0 Å². The van der Waals surface area contributed by atoms with Crippen LogP contribution in [0.5, 0.6) is 0 Å². The second-order valence-corrected chi connectivity index (χ2v) is 2.12. The third-order valence-electron chi connectivity index (χ3n) is 1.33. The lowest BCUT2D eigenvalue weighted by atomic mass is 10.2. The highest BCUT2D eigenvalue weighted by Crippen LogP contribution is 2.11. The van der Waals surface area contributed by atoms with Gasteiger partial charge in [0.05, 0.1) is 0 Å². The van der Waals surface area contributed by atoms with Crippen molar-refractivity contribution in [2.75, 3.05) is 6.54 Å². The molecule has 1 atom stereocenters. The quantitative estimate of drug-likeness (QED) is 0.643. The minimum Gasteiger partial charge on any atom is -0.385 e. The number of aliphatic hydroxyl groups excluding tert-OH is 1. The van der Waals surface area contributed by atoms with Crippen molar-refractivity contribution in [3.05, 3.63) is 29.8 Å². The van der Waals surface area contributed by atoms with Crippen LogP contribution in [0.1, 0.15) is 11.8 Å². The van der Waals surface area contributed by atoms with Crippen molar-refractivity contribution in [3.63, 3.8) is 0 Å². The zero-order valence-electron chi connectivity index (χ0n) is 5.87. The topological polar surface area (TPSA) is 59.1 Å². The summed E-state index contributed by atoms with van der Waals surface area (Å²) in [4.78, 5) is 3.64. The van der Waals surface area contributed by atoms with Gasteiger partial charge in [-0.15, -0.1) is 0 Å². The Labute approximate surface area is 63.7 Å². The van der Waals surface area contributed by atoms with E-state index in [9.17, 15) is 4.39 Å². The number of rotatable bonds is 2. The summed E-state index contributed by atoms with van der Waals surface area (Å²) < 4.78 is 12.7. The van der Waals surface area contributed by atoms with Crippen molar-refractivity contribution in [3.8, 4) is 0 Å². The Kier molecular flexibility index (Phi) is 2.51. The average Bonchev–Trinajstić information content (AvgIpc) is 2.04. The van der Waals surface area contributed by atoms with Crippen LogP contribution in [0.15, 0.2) is 18.3 Å². The molecule has 1 heterocycles. The molecule has 0 fully saturated rings. The number of aliphatic hydroxyl groups is 1. The first-order valence-electron chi connectivity index (χ1n) is 3.24. The molecule has 0 saturated heterocycles. The maximum absolute atomic E-state index is 12.7. The Morgan fingerprint density at radius 2 is 2.45 bits per heavy atom. The Hall–Kier alpha value is -1.00. The first-order valence-corrected chi connectivity index (χ1v) is 3.24. The van der Waals surface area contributed by atoms with Crippen LogP contribution < -0.4 is 5.73 Å². The van der Waals surface area contributed by atoms with E-state index in [-0.39, 0.29) is 12.2 Å². The molecular formula is C7H9FN2O. The fraction of sp³-hybridized carbons (Fsp3) is 0.286. The molecule has 1 aromatic rings. The van der Waals surface area contributed by atoms with E-state index in [0.717, 1.165) is 0 Å². The van der Waals surface area contributed by atoms with Crippen molar-refractivity contribution in [2.45, 2.75) is 6.10 Å². The van der Waals surface area contributed by atoms with Crippen LogP contribution in [0.2, 0.25) is 0 Å². The molecule has 3 nitrogen and oxygen atoms in total. The van der Waals surface area contributed by atoms with Gasteiger partial charge < -0.3 is 10.8 Å². The molecule has 0 aliphatic heterocycles. The molecule has 0 aliphatic carbocycles. The smallest absolute Gasteiger partial charge is 0.147 e. The second-order valence-electron chi connectivity index (χ2n) is 2.12. The molecule has 0 aromatic carbocycles. The summed E-state index contributed by atoms with van der Waals surface area (Å²) in [5, 5.41) is 9.08. The molecule has 3 N–H and O–H groups in total. The van der Waals surface area contributed by atoms with E-state index >= 15 is 0 Å².